The molecule has 0 aromatic rings. The Morgan fingerprint density at radius 2 is 1.89 bits per heavy atom. The quantitative estimate of drug-likeness (QED) is 0.751. The number of rotatable bonds is 5. The summed E-state index contributed by atoms with van der Waals surface area (Å²) in [7, 11) is 0. The number of halogens is 1. The van der Waals surface area contributed by atoms with Crippen LogP contribution in [0.5, 0.6) is 0 Å². The molecule has 3 unspecified atom stereocenters. The molecule has 6 nitrogen and oxygen atoms in total. The van der Waals surface area contributed by atoms with Crippen molar-refractivity contribution in [3.8, 4) is 0 Å². The molecule has 28 heavy (non-hydrogen) atoms. The summed E-state index contributed by atoms with van der Waals surface area (Å²) in [5.74, 6) is 0.595. The Morgan fingerprint density at radius 1 is 1.18 bits per heavy atom. The molecule has 2 saturated carbocycles. The van der Waals surface area contributed by atoms with Crippen molar-refractivity contribution in [2.75, 3.05) is 32.9 Å². The third-order valence-corrected chi connectivity index (χ3v) is 8.29. The van der Waals surface area contributed by atoms with Crippen LogP contribution in [0.25, 0.3) is 0 Å². The van der Waals surface area contributed by atoms with E-state index in [0.717, 1.165) is 64.5 Å². The van der Waals surface area contributed by atoms with E-state index >= 15 is 0 Å². The standard InChI is InChI=1S/C21H34FN3O3/c1-2-16-17(12-20(16)8-11-25(14-20)19(27)28)24-9-4-15(5-10-24)18(26)23-21(13-22)6-3-7-21/h15-17H,2-14H2,1H3,(H,23,26)(H,27,28). The molecule has 4 fully saturated rings. The smallest absolute Gasteiger partial charge is 0.407 e. The Morgan fingerprint density at radius 3 is 2.39 bits per heavy atom. The minimum Gasteiger partial charge on any atom is -0.465 e. The van der Waals surface area contributed by atoms with E-state index in [1.165, 1.54) is 0 Å². The molecule has 2 amide bonds. The lowest BCUT2D eigenvalue weighted by molar-refractivity contribution is -0.132. The highest BCUT2D eigenvalue weighted by Gasteiger charge is 2.58. The number of carbonyl (C=O) groups excluding carboxylic acids is 1. The predicted octanol–water partition coefficient (Wildman–Crippen LogP) is 2.88. The lowest BCUT2D eigenvalue weighted by atomic mass is 9.54. The number of carbonyl (C=O) groups is 2. The van der Waals surface area contributed by atoms with E-state index in [-0.39, 0.29) is 17.2 Å². The van der Waals surface area contributed by atoms with Crippen LogP contribution in [0.15, 0.2) is 0 Å². The zero-order chi connectivity index (χ0) is 19.9. The van der Waals surface area contributed by atoms with E-state index in [2.05, 4.69) is 17.1 Å². The van der Waals surface area contributed by atoms with Crippen LogP contribution >= 0.6 is 0 Å². The highest BCUT2D eigenvalue weighted by atomic mass is 19.1. The van der Waals surface area contributed by atoms with Gasteiger partial charge in [-0.25, -0.2) is 9.18 Å². The molecule has 0 aromatic heterocycles. The Bertz CT molecular complexity index is 613. The van der Waals surface area contributed by atoms with Crippen LogP contribution in [0.2, 0.25) is 0 Å². The minimum atomic E-state index is -0.792. The molecule has 1 spiro atoms. The van der Waals surface area contributed by atoms with Gasteiger partial charge in [0.25, 0.3) is 0 Å². The molecule has 0 bridgehead atoms. The van der Waals surface area contributed by atoms with E-state index < -0.39 is 18.3 Å². The Hall–Kier alpha value is -1.37. The van der Waals surface area contributed by atoms with Gasteiger partial charge in [0.2, 0.25) is 5.91 Å². The van der Waals surface area contributed by atoms with Crippen LogP contribution in [-0.4, -0.2) is 71.3 Å². The first-order valence-electron chi connectivity index (χ1n) is 11.0. The number of piperidine rings is 1. The zero-order valence-electron chi connectivity index (χ0n) is 17.0. The fraction of sp³-hybridized carbons (Fsp3) is 0.905. The van der Waals surface area contributed by atoms with Crippen molar-refractivity contribution in [2.45, 2.75) is 69.9 Å². The molecule has 0 aromatic carbocycles. The summed E-state index contributed by atoms with van der Waals surface area (Å²) in [6, 6.07) is 0.520. The summed E-state index contributed by atoms with van der Waals surface area (Å²) < 4.78 is 13.3. The number of nitrogens with zero attached hydrogens (tertiary/aromatic N) is 2. The van der Waals surface area contributed by atoms with E-state index in [9.17, 15) is 19.1 Å². The van der Waals surface area contributed by atoms with Crippen LogP contribution in [0.4, 0.5) is 9.18 Å². The lowest BCUT2D eigenvalue weighted by Gasteiger charge is -2.58. The normalized spacial score (nSPS) is 35.4. The van der Waals surface area contributed by atoms with Gasteiger partial charge in [-0.05, 0) is 69.4 Å². The van der Waals surface area contributed by atoms with Crippen LogP contribution < -0.4 is 5.32 Å². The van der Waals surface area contributed by atoms with Gasteiger partial charge in [-0.15, -0.1) is 0 Å². The third-order valence-electron chi connectivity index (χ3n) is 8.29. The lowest BCUT2D eigenvalue weighted by Crippen LogP contribution is -2.62. The van der Waals surface area contributed by atoms with Gasteiger partial charge >= 0.3 is 6.09 Å². The molecule has 2 N–H and O–H groups in total. The number of amides is 2. The van der Waals surface area contributed by atoms with Gasteiger partial charge in [0.05, 0.1) is 5.54 Å². The number of nitrogens with one attached hydrogen (secondary N) is 1. The molecule has 2 aliphatic carbocycles. The predicted molar refractivity (Wildman–Crippen MR) is 104 cm³/mol. The van der Waals surface area contributed by atoms with Crippen LogP contribution in [0.1, 0.15) is 58.3 Å². The minimum absolute atomic E-state index is 0.00312. The maximum atomic E-state index is 13.3. The average molecular weight is 396 g/mol. The van der Waals surface area contributed by atoms with Crippen molar-refractivity contribution in [3.05, 3.63) is 0 Å². The number of alkyl halides is 1. The van der Waals surface area contributed by atoms with Crippen molar-refractivity contribution >= 4 is 12.0 Å². The average Bonchev–Trinajstić information content (AvgIpc) is 3.11. The van der Waals surface area contributed by atoms with E-state index in [1.54, 1.807) is 4.90 Å². The summed E-state index contributed by atoms with van der Waals surface area (Å²) in [5, 5.41) is 12.3. The largest absolute Gasteiger partial charge is 0.465 e. The Balaban J connectivity index is 1.29. The van der Waals surface area contributed by atoms with E-state index in [1.807, 2.05) is 0 Å². The molecule has 4 aliphatic rings. The molecule has 4 rings (SSSR count). The number of hydrogen-bond donors (Lipinski definition) is 2. The van der Waals surface area contributed by atoms with Gasteiger partial charge in [-0.2, -0.15) is 0 Å². The van der Waals surface area contributed by atoms with Gasteiger partial charge < -0.3 is 20.2 Å². The molecule has 3 atom stereocenters. The van der Waals surface area contributed by atoms with Crippen LogP contribution in [0.3, 0.4) is 0 Å². The van der Waals surface area contributed by atoms with Crippen LogP contribution in [0, 0.1) is 17.3 Å². The van der Waals surface area contributed by atoms with Gasteiger partial charge in [-0.3, -0.25) is 4.79 Å². The van der Waals surface area contributed by atoms with Crippen molar-refractivity contribution in [3.63, 3.8) is 0 Å². The zero-order valence-corrected chi connectivity index (χ0v) is 17.0. The molecule has 158 valence electrons. The Kier molecular flexibility index (Phi) is 5.31. The molecule has 2 heterocycles. The molecular weight excluding hydrogens is 361 g/mol. The van der Waals surface area contributed by atoms with E-state index in [4.69, 9.17) is 0 Å². The monoisotopic (exact) mass is 395 g/mol. The summed E-state index contributed by atoms with van der Waals surface area (Å²) in [6.45, 7) is 4.95. The molecule has 2 aliphatic heterocycles. The highest BCUT2D eigenvalue weighted by molar-refractivity contribution is 5.79. The number of carboxylic acid groups (broad SMARTS) is 1. The molecule has 2 saturated heterocycles. The first-order valence-corrected chi connectivity index (χ1v) is 11.0. The summed E-state index contributed by atoms with van der Waals surface area (Å²) >= 11 is 0. The first-order chi connectivity index (χ1) is 13.4. The van der Waals surface area contributed by atoms with Crippen molar-refractivity contribution in [2.24, 2.45) is 17.3 Å². The van der Waals surface area contributed by atoms with Crippen LogP contribution in [-0.2, 0) is 4.79 Å². The van der Waals surface area contributed by atoms with Crippen molar-refractivity contribution in [1.82, 2.24) is 15.1 Å². The topological polar surface area (TPSA) is 72.9 Å². The Labute approximate surface area is 166 Å². The van der Waals surface area contributed by atoms with Crippen molar-refractivity contribution in [1.29, 1.82) is 0 Å². The number of likely N-dealkylation sites (tertiary alicyclic amines) is 2. The van der Waals surface area contributed by atoms with Gasteiger partial charge in [0, 0.05) is 25.0 Å². The fourth-order valence-corrected chi connectivity index (χ4v) is 6.33. The fourth-order valence-electron chi connectivity index (χ4n) is 6.33. The highest BCUT2D eigenvalue weighted by Crippen LogP contribution is 2.56. The first kappa shape index (κ1) is 19.9. The third kappa shape index (κ3) is 3.29. The summed E-state index contributed by atoms with van der Waals surface area (Å²) in [6.07, 6.45) is 6.58. The molecule has 0 radical (unpaired) electrons. The second kappa shape index (κ2) is 7.47. The number of hydrogen-bond acceptors (Lipinski definition) is 3. The van der Waals surface area contributed by atoms with Crippen molar-refractivity contribution < 1.29 is 19.1 Å². The second-order valence-corrected chi connectivity index (χ2v) is 9.67. The maximum Gasteiger partial charge on any atom is 0.407 e. The van der Waals surface area contributed by atoms with Gasteiger partial charge in [-0.1, -0.05) is 13.3 Å². The molecular formula is C21H34FN3O3. The SMILES string of the molecule is CCC1C(N2CCC(C(=O)NC3(CF)CCC3)CC2)CC12CCN(C(=O)O)C2. The molecule has 7 heteroatoms. The second-order valence-electron chi connectivity index (χ2n) is 9.67. The van der Waals surface area contributed by atoms with Gasteiger partial charge in [0.15, 0.2) is 0 Å². The maximum absolute atomic E-state index is 13.3. The van der Waals surface area contributed by atoms with Gasteiger partial charge in [0.1, 0.15) is 6.67 Å². The summed E-state index contributed by atoms with van der Waals surface area (Å²) in [4.78, 5) is 28.0. The summed E-state index contributed by atoms with van der Waals surface area (Å²) in [5.41, 5.74) is -0.399. The van der Waals surface area contributed by atoms with E-state index in [0.29, 0.717) is 25.0 Å².